The highest BCUT2D eigenvalue weighted by Crippen LogP contribution is 2.22. The van der Waals surface area contributed by atoms with Crippen LogP contribution in [0.15, 0.2) is 36.5 Å². The molecule has 0 saturated heterocycles. The lowest BCUT2D eigenvalue weighted by atomic mass is 10.3. The molecule has 94 valence electrons. The van der Waals surface area contributed by atoms with E-state index in [1.807, 2.05) is 0 Å². The Labute approximate surface area is 109 Å². The van der Waals surface area contributed by atoms with Gasteiger partial charge in [-0.05, 0) is 29.8 Å². The van der Waals surface area contributed by atoms with Crippen LogP contribution >= 0.6 is 11.6 Å². The van der Waals surface area contributed by atoms with Gasteiger partial charge in [-0.15, -0.1) is 0 Å². The molecule has 0 atom stereocenters. The number of nitrogens with two attached hydrogens (primary N) is 1. The number of anilines is 1. The van der Waals surface area contributed by atoms with E-state index in [1.165, 1.54) is 18.2 Å². The average molecular weight is 268 g/mol. The van der Waals surface area contributed by atoms with Crippen molar-refractivity contribution in [2.24, 2.45) is 5.84 Å². The van der Waals surface area contributed by atoms with Gasteiger partial charge in [0, 0.05) is 12.3 Å². The van der Waals surface area contributed by atoms with Crippen molar-refractivity contribution in [3.05, 3.63) is 52.9 Å². The summed E-state index contributed by atoms with van der Waals surface area (Å²) in [7, 11) is 0. The number of hydrazine groups is 1. The second-order valence-corrected chi connectivity index (χ2v) is 3.97. The third-order valence-electron chi connectivity index (χ3n) is 2.27. The summed E-state index contributed by atoms with van der Waals surface area (Å²) in [5, 5.41) is 0.0338. The summed E-state index contributed by atoms with van der Waals surface area (Å²) in [4.78, 5) is 3.98. The number of aromatic nitrogens is 1. The van der Waals surface area contributed by atoms with Crippen LogP contribution in [0.1, 0.15) is 5.56 Å². The number of halogens is 2. The number of ether oxygens (including phenoxy) is 1. The maximum atomic E-state index is 12.9. The van der Waals surface area contributed by atoms with E-state index in [0.717, 1.165) is 5.56 Å². The van der Waals surface area contributed by atoms with E-state index in [4.69, 9.17) is 22.2 Å². The lowest BCUT2D eigenvalue weighted by Crippen LogP contribution is -2.09. The molecule has 3 N–H and O–H groups in total. The molecule has 0 bridgehead atoms. The number of nitrogens with zero attached hydrogens (tertiary/aromatic N) is 1. The second-order valence-electron chi connectivity index (χ2n) is 3.56. The summed E-state index contributed by atoms with van der Waals surface area (Å²) in [6.07, 6.45) is 1.62. The van der Waals surface area contributed by atoms with Crippen molar-refractivity contribution in [1.82, 2.24) is 4.98 Å². The molecule has 18 heavy (non-hydrogen) atoms. The van der Waals surface area contributed by atoms with E-state index >= 15 is 0 Å². The Morgan fingerprint density at radius 1 is 1.33 bits per heavy atom. The molecule has 0 fully saturated rings. The Balaban J connectivity index is 2.04. The Hall–Kier alpha value is -1.85. The number of nitrogens with one attached hydrogen (secondary N) is 1. The van der Waals surface area contributed by atoms with E-state index < -0.39 is 5.82 Å². The van der Waals surface area contributed by atoms with Gasteiger partial charge < -0.3 is 10.2 Å². The van der Waals surface area contributed by atoms with E-state index in [2.05, 4.69) is 10.4 Å². The van der Waals surface area contributed by atoms with Crippen LogP contribution in [0.3, 0.4) is 0 Å². The van der Waals surface area contributed by atoms with Crippen molar-refractivity contribution in [1.29, 1.82) is 0 Å². The SMILES string of the molecule is NNc1cc(COc2ccc(F)c(Cl)c2)ccn1. The van der Waals surface area contributed by atoms with Gasteiger partial charge in [-0.1, -0.05) is 11.6 Å². The highest BCUT2D eigenvalue weighted by molar-refractivity contribution is 6.30. The highest BCUT2D eigenvalue weighted by Gasteiger charge is 2.02. The molecule has 6 heteroatoms. The fourth-order valence-corrected chi connectivity index (χ4v) is 1.55. The van der Waals surface area contributed by atoms with Gasteiger partial charge in [0.25, 0.3) is 0 Å². The van der Waals surface area contributed by atoms with Crippen LogP contribution in [-0.2, 0) is 6.61 Å². The average Bonchev–Trinajstić information content (AvgIpc) is 2.40. The molecular formula is C12H11ClFN3O. The minimum Gasteiger partial charge on any atom is -0.489 e. The van der Waals surface area contributed by atoms with E-state index in [-0.39, 0.29) is 5.02 Å². The first-order valence-corrected chi connectivity index (χ1v) is 5.56. The molecule has 0 amide bonds. The molecule has 0 spiro atoms. The Morgan fingerprint density at radius 3 is 2.89 bits per heavy atom. The normalized spacial score (nSPS) is 10.2. The number of pyridine rings is 1. The largest absolute Gasteiger partial charge is 0.489 e. The van der Waals surface area contributed by atoms with Crippen LogP contribution in [0.2, 0.25) is 5.02 Å². The van der Waals surface area contributed by atoms with Crippen molar-refractivity contribution in [2.45, 2.75) is 6.61 Å². The summed E-state index contributed by atoms with van der Waals surface area (Å²) >= 11 is 5.65. The minimum absolute atomic E-state index is 0.0338. The van der Waals surface area contributed by atoms with Crippen LogP contribution in [0, 0.1) is 5.82 Å². The second kappa shape index (κ2) is 5.66. The molecule has 0 aliphatic rings. The fraction of sp³-hybridized carbons (Fsp3) is 0.0833. The first-order valence-electron chi connectivity index (χ1n) is 5.18. The zero-order valence-electron chi connectivity index (χ0n) is 9.36. The number of nitrogen functional groups attached to an aromatic ring is 1. The highest BCUT2D eigenvalue weighted by atomic mass is 35.5. The van der Waals surface area contributed by atoms with Crippen molar-refractivity contribution in [2.75, 3.05) is 5.43 Å². The fourth-order valence-electron chi connectivity index (χ4n) is 1.38. The van der Waals surface area contributed by atoms with Gasteiger partial charge in [-0.3, -0.25) is 0 Å². The molecule has 1 heterocycles. The van der Waals surface area contributed by atoms with Crippen molar-refractivity contribution < 1.29 is 9.13 Å². The molecule has 1 aromatic heterocycles. The molecule has 0 saturated carbocycles. The third kappa shape index (κ3) is 3.09. The van der Waals surface area contributed by atoms with Crippen LogP contribution in [-0.4, -0.2) is 4.98 Å². The molecule has 0 unspecified atom stereocenters. The smallest absolute Gasteiger partial charge is 0.142 e. The number of benzene rings is 1. The summed E-state index contributed by atoms with van der Waals surface area (Å²) in [6.45, 7) is 0.319. The maximum Gasteiger partial charge on any atom is 0.142 e. The first kappa shape index (κ1) is 12.6. The quantitative estimate of drug-likeness (QED) is 0.661. The van der Waals surface area contributed by atoms with Crippen LogP contribution in [0.5, 0.6) is 5.75 Å². The Bertz CT molecular complexity index is 551. The zero-order valence-corrected chi connectivity index (χ0v) is 10.1. The van der Waals surface area contributed by atoms with Gasteiger partial charge in [-0.25, -0.2) is 15.2 Å². The third-order valence-corrected chi connectivity index (χ3v) is 2.56. The van der Waals surface area contributed by atoms with Crippen molar-refractivity contribution in [3.63, 3.8) is 0 Å². The molecule has 1 aromatic carbocycles. The minimum atomic E-state index is -0.470. The molecular weight excluding hydrogens is 257 g/mol. The number of hydrogen-bond acceptors (Lipinski definition) is 4. The zero-order chi connectivity index (χ0) is 13.0. The first-order chi connectivity index (χ1) is 8.69. The molecule has 0 radical (unpaired) electrons. The number of hydrogen-bond donors (Lipinski definition) is 2. The van der Waals surface area contributed by atoms with Crippen molar-refractivity contribution in [3.8, 4) is 5.75 Å². The lowest BCUT2D eigenvalue weighted by molar-refractivity contribution is 0.305. The van der Waals surface area contributed by atoms with Gasteiger partial charge in [0.2, 0.25) is 0 Å². The van der Waals surface area contributed by atoms with Gasteiger partial charge in [0.1, 0.15) is 24.0 Å². The summed E-state index contributed by atoms with van der Waals surface area (Å²) in [5.41, 5.74) is 3.33. The topological polar surface area (TPSA) is 60.2 Å². The maximum absolute atomic E-state index is 12.9. The molecule has 0 aliphatic heterocycles. The predicted molar refractivity (Wildman–Crippen MR) is 67.8 cm³/mol. The summed E-state index contributed by atoms with van der Waals surface area (Å²) in [6, 6.07) is 7.76. The number of rotatable bonds is 4. The predicted octanol–water partition coefficient (Wildman–Crippen LogP) is 2.74. The lowest BCUT2D eigenvalue weighted by Gasteiger charge is -2.07. The van der Waals surface area contributed by atoms with Crippen LogP contribution in [0.4, 0.5) is 10.2 Å². The molecule has 2 rings (SSSR count). The molecule has 0 aliphatic carbocycles. The molecule has 4 nitrogen and oxygen atoms in total. The van der Waals surface area contributed by atoms with E-state index in [0.29, 0.717) is 18.2 Å². The van der Waals surface area contributed by atoms with Gasteiger partial charge in [0.15, 0.2) is 0 Å². The van der Waals surface area contributed by atoms with Gasteiger partial charge >= 0.3 is 0 Å². The summed E-state index contributed by atoms with van der Waals surface area (Å²) in [5.74, 6) is 5.83. The Morgan fingerprint density at radius 2 is 2.17 bits per heavy atom. The standard InChI is InChI=1S/C12H11ClFN3O/c13-10-6-9(1-2-11(10)14)18-7-8-3-4-16-12(5-8)17-15/h1-6H,7,15H2,(H,16,17). The van der Waals surface area contributed by atoms with Crippen LogP contribution in [0.25, 0.3) is 0 Å². The van der Waals surface area contributed by atoms with Crippen molar-refractivity contribution >= 4 is 17.4 Å². The monoisotopic (exact) mass is 267 g/mol. The van der Waals surface area contributed by atoms with E-state index in [1.54, 1.807) is 18.3 Å². The van der Waals surface area contributed by atoms with Gasteiger partial charge in [-0.2, -0.15) is 0 Å². The Kier molecular flexibility index (Phi) is 3.96. The summed E-state index contributed by atoms with van der Waals surface area (Å²) < 4.78 is 18.4. The van der Waals surface area contributed by atoms with Crippen LogP contribution < -0.4 is 16.0 Å². The molecule has 2 aromatic rings. The van der Waals surface area contributed by atoms with Gasteiger partial charge in [0.05, 0.1) is 5.02 Å². The van der Waals surface area contributed by atoms with E-state index in [9.17, 15) is 4.39 Å².